The first-order chi connectivity index (χ1) is 19.1. The summed E-state index contributed by atoms with van der Waals surface area (Å²) in [4.78, 5) is 0. The molecule has 0 heterocycles. The van der Waals surface area contributed by atoms with E-state index < -0.39 is 5.41 Å². The van der Waals surface area contributed by atoms with Crippen LogP contribution in [0.25, 0.3) is 0 Å². The fourth-order valence-corrected chi connectivity index (χ4v) is 5.73. The number of halogens is 2. The van der Waals surface area contributed by atoms with E-state index in [1.165, 1.54) is 63.4 Å². The first kappa shape index (κ1) is 38.9. The second-order valence-corrected chi connectivity index (χ2v) is 11.3. The highest BCUT2D eigenvalue weighted by atomic mass is 35.5. The summed E-state index contributed by atoms with van der Waals surface area (Å²) in [5.41, 5.74) is 1.80. The van der Waals surface area contributed by atoms with Crippen LogP contribution >= 0.6 is 24.0 Å². The molecule has 7 heteroatoms. The SMILES string of the molecule is CCCCCCCCCCCCC(C#N)(CCCC(CCc1cccc(Cl)c1)N=NC)c1cccc(OC)c1.Cl.O. The van der Waals surface area contributed by atoms with Crippen LogP contribution in [0.15, 0.2) is 58.8 Å². The smallest absolute Gasteiger partial charge is 0.119 e. The van der Waals surface area contributed by atoms with Crippen LogP contribution in [0.2, 0.25) is 5.02 Å². The minimum Gasteiger partial charge on any atom is -0.497 e. The third-order valence-corrected chi connectivity index (χ3v) is 8.10. The average molecular weight is 607 g/mol. The minimum absolute atomic E-state index is 0. The number of azo groups is 1. The standard InChI is InChI=1S/C34H50ClN3O.ClH.H2O/c1-4-5-6-7-8-9-10-11-12-13-24-34(28-36,30-18-15-21-33(27-30)39-3)25-16-20-32(38-37-2)23-22-29-17-14-19-31(35)26-29;;/h14-15,17-19,21,26-27,32H,4-13,16,20,22-25H2,1-3H3;1H;1H2. The van der Waals surface area contributed by atoms with Gasteiger partial charge in [0.25, 0.3) is 0 Å². The Morgan fingerprint density at radius 1 is 0.878 bits per heavy atom. The molecule has 0 bridgehead atoms. The molecule has 0 aliphatic carbocycles. The van der Waals surface area contributed by atoms with E-state index in [4.69, 9.17) is 16.3 Å². The molecule has 5 nitrogen and oxygen atoms in total. The quantitative estimate of drug-likeness (QED) is 0.105. The van der Waals surface area contributed by atoms with Crippen LogP contribution in [0.3, 0.4) is 0 Å². The minimum atomic E-state index is -0.504. The number of hydrogen-bond donors (Lipinski definition) is 0. The van der Waals surface area contributed by atoms with Gasteiger partial charge in [0.15, 0.2) is 0 Å². The lowest BCUT2D eigenvalue weighted by Crippen LogP contribution is -2.25. The van der Waals surface area contributed by atoms with Gasteiger partial charge in [-0.1, -0.05) is 107 Å². The molecule has 0 aliphatic rings. The molecule has 0 fully saturated rings. The number of hydrogen-bond acceptors (Lipinski definition) is 4. The summed E-state index contributed by atoms with van der Waals surface area (Å²) in [5.74, 6) is 0.814. The zero-order valence-corrected chi connectivity index (χ0v) is 27.1. The second-order valence-electron chi connectivity index (χ2n) is 10.9. The summed E-state index contributed by atoms with van der Waals surface area (Å²) in [6, 6.07) is 19.1. The van der Waals surface area contributed by atoms with Gasteiger partial charge < -0.3 is 10.2 Å². The van der Waals surface area contributed by atoms with E-state index in [1.54, 1.807) is 14.2 Å². The molecule has 2 aromatic rings. The Labute approximate surface area is 260 Å². The van der Waals surface area contributed by atoms with Crippen molar-refractivity contribution in [2.24, 2.45) is 10.2 Å². The Morgan fingerprint density at radius 2 is 1.51 bits per heavy atom. The molecule has 2 aromatic carbocycles. The van der Waals surface area contributed by atoms with Gasteiger partial charge in [-0.25, -0.2) is 0 Å². The van der Waals surface area contributed by atoms with Crippen molar-refractivity contribution in [3.63, 3.8) is 0 Å². The van der Waals surface area contributed by atoms with Crippen LogP contribution in [0, 0.1) is 11.3 Å². The van der Waals surface area contributed by atoms with Gasteiger partial charge >= 0.3 is 0 Å². The number of nitrogens with zero attached hydrogens (tertiary/aromatic N) is 3. The zero-order chi connectivity index (χ0) is 28.2. The largest absolute Gasteiger partial charge is 0.497 e. The number of nitriles is 1. The van der Waals surface area contributed by atoms with Crippen LogP contribution < -0.4 is 4.74 Å². The van der Waals surface area contributed by atoms with Gasteiger partial charge in [-0.15, -0.1) is 12.4 Å². The maximum atomic E-state index is 10.5. The third kappa shape index (κ3) is 15.1. The van der Waals surface area contributed by atoms with E-state index in [0.717, 1.165) is 61.3 Å². The molecular weight excluding hydrogens is 553 g/mol. The van der Waals surface area contributed by atoms with Crippen molar-refractivity contribution in [1.29, 1.82) is 5.26 Å². The second kappa shape index (κ2) is 23.4. The number of benzene rings is 2. The van der Waals surface area contributed by atoms with E-state index in [-0.39, 0.29) is 23.9 Å². The van der Waals surface area contributed by atoms with Crippen molar-refractivity contribution in [1.82, 2.24) is 0 Å². The molecular formula is C34H53Cl2N3O2. The van der Waals surface area contributed by atoms with Crippen LogP contribution in [0.1, 0.15) is 114 Å². The number of ether oxygens (including phenoxy) is 1. The lowest BCUT2D eigenvalue weighted by atomic mass is 9.73. The number of rotatable bonds is 21. The summed E-state index contributed by atoms with van der Waals surface area (Å²) < 4.78 is 5.51. The Morgan fingerprint density at radius 3 is 2.12 bits per heavy atom. The molecule has 2 rings (SSSR count). The molecule has 2 N–H and O–H groups in total. The van der Waals surface area contributed by atoms with Crippen molar-refractivity contribution in [3.8, 4) is 11.8 Å². The van der Waals surface area contributed by atoms with Gasteiger partial charge in [0.05, 0.1) is 24.6 Å². The number of aryl methyl sites for hydroxylation is 1. The first-order valence-corrected chi connectivity index (χ1v) is 15.5. The number of unbranched alkanes of at least 4 members (excludes halogenated alkanes) is 9. The summed E-state index contributed by atoms with van der Waals surface area (Å²) in [5, 5.41) is 19.9. The number of methoxy groups -OCH3 is 1. The van der Waals surface area contributed by atoms with Gasteiger partial charge in [0.2, 0.25) is 0 Å². The summed E-state index contributed by atoms with van der Waals surface area (Å²) in [7, 11) is 3.43. The molecule has 0 amide bonds. The van der Waals surface area contributed by atoms with Gasteiger partial charge in [-0.3, -0.25) is 0 Å². The third-order valence-electron chi connectivity index (χ3n) is 7.87. The van der Waals surface area contributed by atoms with Crippen molar-refractivity contribution in [3.05, 3.63) is 64.7 Å². The molecule has 230 valence electrons. The van der Waals surface area contributed by atoms with Gasteiger partial charge in [0.1, 0.15) is 5.75 Å². The van der Waals surface area contributed by atoms with Crippen LogP contribution in [0.5, 0.6) is 5.75 Å². The highest BCUT2D eigenvalue weighted by molar-refractivity contribution is 6.30. The molecule has 0 saturated heterocycles. The Hall–Kier alpha value is -2.13. The van der Waals surface area contributed by atoms with Crippen molar-refractivity contribution in [2.75, 3.05) is 14.2 Å². The summed E-state index contributed by atoms with van der Waals surface area (Å²) in [6.07, 6.45) is 18.4. The van der Waals surface area contributed by atoms with Gasteiger partial charge in [-0.2, -0.15) is 15.5 Å². The Bertz CT molecular complexity index is 1010. The first-order valence-electron chi connectivity index (χ1n) is 15.2. The lowest BCUT2D eigenvalue weighted by Gasteiger charge is -2.28. The Kier molecular flexibility index (Phi) is 22.2. The Balaban J connectivity index is 0.00000800. The normalized spacial score (nSPS) is 13.0. The molecule has 41 heavy (non-hydrogen) atoms. The summed E-state index contributed by atoms with van der Waals surface area (Å²) >= 11 is 6.17. The van der Waals surface area contributed by atoms with Crippen LogP contribution in [-0.4, -0.2) is 25.7 Å². The van der Waals surface area contributed by atoms with E-state index >= 15 is 0 Å². The van der Waals surface area contributed by atoms with Crippen LogP contribution in [0.4, 0.5) is 0 Å². The highest BCUT2D eigenvalue weighted by Gasteiger charge is 2.32. The van der Waals surface area contributed by atoms with Crippen molar-refractivity contribution in [2.45, 2.75) is 121 Å². The van der Waals surface area contributed by atoms with Gasteiger partial charge in [-0.05, 0) is 73.9 Å². The molecule has 0 aromatic heterocycles. The fourth-order valence-electron chi connectivity index (χ4n) is 5.51. The van der Waals surface area contributed by atoms with Crippen molar-refractivity contribution < 1.29 is 10.2 Å². The predicted octanol–water partition coefficient (Wildman–Crippen LogP) is 10.3. The maximum absolute atomic E-state index is 10.5. The van der Waals surface area contributed by atoms with Crippen LogP contribution in [-0.2, 0) is 11.8 Å². The highest BCUT2D eigenvalue weighted by Crippen LogP contribution is 2.37. The average Bonchev–Trinajstić information content (AvgIpc) is 2.96. The van der Waals surface area contributed by atoms with E-state index in [0.29, 0.717) is 0 Å². The summed E-state index contributed by atoms with van der Waals surface area (Å²) in [6.45, 7) is 2.27. The van der Waals surface area contributed by atoms with E-state index in [9.17, 15) is 5.26 Å². The lowest BCUT2D eigenvalue weighted by molar-refractivity contribution is 0.392. The monoisotopic (exact) mass is 605 g/mol. The molecule has 2 atom stereocenters. The van der Waals surface area contributed by atoms with Gasteiger partial charge in [0, 0.05) is 12.1 Å². The maximum Gasteiger partial charge on any atom is 0.119 e. The molecule has 0 aliphatic heterocycles. The van der Waals surface area contributed by atoms with E-state index in [2.05, 4.69) is 41.4 Å². The van der Waals surface area contributed by atoms with E-state index in [1.807, 2.05) is 30.3 Å². The predicted molar refractivity (Wildman–Crippen MR) is 176 cm³/mol. The zero-order valence-electron chi connectivity index (χ0n) is 25.5. The fraction of sp³-hybridized carbons (Fsp3) is 0.618. The molecule has 0 spiro atoms. The topological polar surface area (TPSA) is 89.2 Å². The molecule has 0 radical (unpaired) electrons. The molecule has 0 saturated carbocycles. The van der Waals surface area contributed by atoms with Crippen molar-refractivity contribution >= 4 is 24.0 Å². The molecule has 2 unspecified atom stereocenters.